The number of carbonyl (C=O) groups excluding carboxylic acids is 1. The van der Waals surface area contributed by atoms with Gasteiger partial charge in [0.1, 0.15) is 12.1 Å². The van der Waals surface area contributed by atoms with E-state index in [0.29, 0.717) is 6.54 Å². The highest BCUT2D eigenvalue weighted by atomic mass is 16.3. The number of Topliss-reactive ketones (excluding diaryl/α,β-unsaturated/α-hetero) is 1. The highest BCUT2D eigenvalue weighted by molar-refractivity contribution is 5.97. The van der Waals surface area contributed by atoms with E-state index in [2.05, 4.69) is 43.3 Å². The van der Waals surface area contributed by atoms with Gasteiger partial charge in [0.15, 0.2) is 0 Å². The number of hydrogen-bond acceptors (Lipinski definition) is 2. The smallest absolute Gasteiger partial charge is 0.216 e. The lowest BCUT2D eigenvalue weighted by Gasteiger charge is -2.59. The van der Waals surface area contributed by atoms with Gasteiger partial charge in [-0.2, -0.15) is 0 Å². The van der Waals surface area contributed by atoms with Gasteiger partial charge in [0.25, 0.3) is 0 Å². The summed E-state index contributed by atoms with van der Waals surface area (Å²) in [4.78, 5) is 13.3. The number of fused-ring (bicyclic) bond motifs is 3. The Labute approximate surface area is 216 Å². The van der Waals surface area contributed by atoms with Crippen LogP contribution >= 0.6 is 0 Å². The number of hydrogen-bond donors (Lipinski definition) is 1. The molecule has 0 spiro atoms. The Kier molecular flexibility index (Phi) is 7.14. The second-order valence-electron chi connectivity index (χ2n) is 11.2. The first-order chi connectivity index (χ1) is 17.5. The van der Waals surface area contributed by atoms with E-state index in [1.54, 1.807) is 0 Å². The molecular weight excluding hydrogens is 442 g/mol. The monoisotopic (exact) mass is 482 g/mol. The van der Waals surface area contributed by atoms with Gasteiger partial charge in [-0.05, 0) is 29.5 Å². The number of unbranched alkanes of at least 4 members (excludes halogenated alkanes) is 2. The Hall–Kier alpha value is -2.75. The Morgan fingerprint density at radius 1 is 0.806 bits per heavy atom. The molecule has 0 amide bonds. The highest BCUT2D eigenvalue weighted by Crippen LogP contribution is 2.57. The van der Waals surface area contributed by atoms with Crippen molar-refractivity contribution in [1.29, 1.82) is 0 Å². The quantitative estimate of drug-likeness (QED) is 0.202. The minimum absolute atomic E-state index is 0.209. The third kappa shape index (κ3) is 4.55. The third-order valence-corrected chi connectivity index (χ3v) is 9.17. The summed E-state index contributed by atoms with van der Waals surface area (Å²) >= 11 is 0. The van der Waals surface area contributed by atoms with Crippen LogP contribution in [0, 0.1) is 5.41 Å². The molecule has 0 saturated carbocycles. The van der Waals surface area contributed by atoms with Crippen LogP contribution in [0.2, 0.25) is 0 Å². The molecule has 0 unspecified atom stereocenters. The fourth-order valence-corrected chi connectivity index (χ4v) is 6.81. The van der Waals surface area contributed by atoms with Crippen LogP contribution in [-0.4, -0.2) is 41.6 Å². The molecule has 1 N–H and O–H groups in total. The number of nitrogens with zero attached hydrogens (tertiary/aromatic N) is 1. The number of aliphatic hydroxyl groups is 1. The van der Waals surface area contributed by atoms with E-state index >= 15 is 0 Å². The van der Waals surface area contributed by atoms with Crippen molar-refractivity contribution in [2.45, 2.75) is 57.5 Å². The van der Waals surface area contributed by atoms with Crippen molar-refractivity contribution in [3.8, 4) is 0 Å². The Balaban J connectivity index is 1.32. The van der Waals surface area contributed by atoms with Crippen LogP contribution in [0.3, 0.4) is 0 Å². The van der Waals surface area contributed by atoms with E-state index in [0.717, 1.165) is 66.5 Å². The first kappa shape index (κ1) is 24.9. The number of ketones is 1. The summed E-state index contributed by atoms with van der Waals surface area (Å²) in [7, 11) is 0. The van der Waals surface area contributed by atoms with Crippen molar-refractivity contribution in [1.82, 2.24) is 0 Å². The van der Waals surface area contributed by atoms with Crippen LogP contribution in [0.25, 0.3) is 0 Å². The van der Waals surface area contributed by atoms with Crippen molar-refractivity contribution in [2.24, 2.45) is 5.41 Å². The van der Waals surface area contributed by atoms with E-state index < -0.39 is 5.60 Å². The average molecular weight is 483 g/mol. The second-order valence-corrected chi connectivity index (χ2v) is 11.2. The normalized spacial score (nSPS) is 23.5. The number of benzene rings is 3. The first-order valence-electron chi connectivity index (χ1n) is 13.8. The molecule has 3 nitrogen and oxygen atoms in total. The van der Waals surface area contributed by atoms with E-state index in [1.165, 1.54) is 24.8 Å². The van der Waals surface area contributed by atoms with E-state index in [9.17, 15) is 9.90 Å². The van der Waals surface area contributed by atoms with E-state index in [1.807, 2.05) is 48.5 Å². The van der Waals surface area contributed by atoms with Crippen molar-refractivity contribution in [3.63, 3.8) is 0 Å². The molecule has 0 aliphatic carbocycles. The van der Waals surface area contributed by atoms with Gasteiger partial charge in [-0.15, -0.1) is 0 Å². The van der Waals surface area contributed by atoms with Crippen molar-refractivity contribution in [3.05, 3.63) is 107 Å². The summed E-state index contributed by atoms with van der Waals surface area (Å²) in [6.07, 6.45) is 7.57. The van der Waals surface area contributed by atoms with Crippen LogP contribution in [0.15, 0.2) is 84.9 Å². The summed E-state index contributed by atoms with van der Waals surface area (Å²) in [5.74, 6) is 0.255. The van der Waals surface area contributed by atoms with E-state index in [-0.39, 0.29) is 11.2 Å². The van der Waals surface area contributed by atoms with Gasteiger partial charge in [-0.25, -0.2) is 0 Å². The molecule has 188 valence electrons. The van der Waals surface area contributed by atoms with Gasteiger partial charge < -0.3 is 9.59 Å². The van der Waals surface area contributed by atoms with Gasteiger partial charge >= 0.3 is 0 Å². The van der Waals surface area contributed by atoms with Gasteiger partial charge in [0.05, 0.1) is 19.6 Å². The van der Waals surface area contributed by atoms with Gasteiger partial charge in [0, 0.05) is 30.2 Å². The lowest BCUT2D eigenvalue weighted by molar-refractivity contribution is -0.938. The van der Waals surface area contributed by atoms with Crippen molar-refractivity contribution >= 4 is 5.78 Å². The fraction of sp³-hybridized carbons (Fsp3) is 0.424. The summed E-state index contributed by atoms with van der Waals surface area (Å²) in [5, 5.41) is 12.5. The molecule has 3 saturated heterocycles. The minimum atomic E-state index is -1.02. The molecular formula is C33H40NO2+. The van der Waals surface area contributed by atoms with Crippen LogP contribution in [0.4, 0.5) is 0 Å². The predicted molar refractivity (Wildman–Crippen MR) is 146 cm³/mol. The van der Waals surface area contributed by atoms with Gasteiger partial charge in [-0.3, -0.25) is 4.79 Å². The molecule has 36 heavy (non-hydrogen) atoms. The maximum atomic E-state index is 13.3. The summed E-state index contributed by atoms with van der Waals surface area (Å²) in [6, 6.07) is 28.8. The topological polar surface area (TPSA) is 37.3 Å². The molecule has 3 heterocycles. The zero-order chi connectivity index (χ0) is 25.1. The number of quaternary nitrogens is 1. The first-order valence-corrected chi connectivity index (χ1v) is 13.8. The molecule has 3 aromatic rings. The molecule has 6 rings (SSSR count). The lowest BCUT2D eigenvalue weighted by atomic mass is 9.56. The zero-order valence-electron chi connectivity index (χ0n) is 21.7. The SMILES string of the molecule is CCCCCc1ccc(C(=O)C[N+]23CCC(C(O)(c4ccccc4)c4ccccc4)(CC2)CC3)cc1. The predicted octanol–water partition coefficient (Wildman–Crippen LogP) is 6.54. The number of carbonyl (C=O) groups is 1. The van der Waals surface area contributed by atoms with Crippen molar-refractivity contribution < 1.29 is 14.4 Å². The van der Waals surface area contributed by atoms with E-state index in [4.69, 9.17) is 0 Å². The van der Waals surface area contributed by atoms with Crippen LogP contribution in [-0.2, 0) is 12.0 Å². The Bertz CT molecular complexity index is 1090. The fourth-order valence-electron chi connectivity index (χ4n) is 6.81. The minimum Gasteiger partial charge on any atom is -0.380 e. The molecule has 0 atom stereocenters. The number of rotatable bonds is 10. The maximum Gasteiger partial charge on any atom is 0.216 e. The molecule has 2 bridgehead atoms. The summed E-state index contributed by atoms with van der Waals surface area (Å²) in [6.45, 7) is 5.64. The lowest BCUT2D eigenvalue weighted by Crippen LogP contribution is -2.67. The molecule has 3 aromatic carbocycles. The second kappa shape index (κ2) is 10.3. The summed E-state index contributed by atoms with van der Waals surface area (Å²) < 4.78 is 0.860. The standard InChI is InChI=1S/C33H40NO2/c1-2-3-6-11-27-16-18-28(19-17-27)31(35)26-34-23-20-32(21-24-34,22-25-34)33(36,29-12-7-4-8-13-29)30-14-9-5-10-15-30/h4-5,7-10,12-19,36H,2-3,6,11,20-26H2,1H3/q+1. The molecule has 3 heteroatoms. The zero-order valence-corrected chi connectivity index (χ0v) is 21.7. The largest absolute Gasteiger partial charge is 0.380 e. The number of piperidine rings is 3. The summed E-state index contributed by atoms with van der Waals surface area (Å²) in [5.41, 5.74) is 2.90. The third-order valence-electron chi connectivity index (χ3n) is 9.17. The Morgan fingerprint density at radius 2 is 1.33 bits per heavy atom. The maximum absolute atomic E-state index is 13.3. The van der Waals surface area contributed by atoms with Crippen LogP contribution < -0.4 is 0 Å². The molecule has 0 aromatic heterocycles. The van der Waals surface area contributed by atoms with Gasteiger partial charge in [0.2, 0.25) is 5.78 Å². The van der Waals surface area contributed by atoms with Gasteiger partial charge in [-0.1, -0.05) is 105 Å². The molecule has 3 aliphatic rings. The molecule has 3 aliphatic heterocycles. The molecule has 0 radical (unpaired) electrons. The van der Waals surface area contributed by atoms with Crippen LogP contribution in [0.1, 0.15) is 72.5 Å². The number of aryl methyl sites for hydroxylation is 1. The average Bonchev–Trinajstić information content (AvgIpc) is 2.95. The van der Waals surface area contributed by atoms with Crippen molar-refractivity contribution in [2.75, 3.05) is 26.2 Å². The van der Waals surface area contributed by atoms with Crippen LogP contribution in [0.5, 0.6) is 0 Å². The Morgan fingerprint density at radius 3 is 1.83 bits per heavy atom. The highest BCUT2D eigenvalue weighted by Gasteiger charge is 2.60. The molecule has 3 fully saturated rings.